The average molecular weight is 595 g/mol. The van der Waals surface area contributed by atoms with Crippen molar-refractivity contribution in [3.8, 4) is 28.7 Å². The van der Waals surface area contributed by atoms with E-state index in [1.54, 1.807) is 12.1 Å². The number of carboxylic acid groups (broad SMARTS) is 1. The molecule has 41 heavy (non-hydrogen) atoms. The number of methoxy groups -OCH3 is 4. The van der Waals surface area contributed by atoms with Gasteiger partial charge in [-0.1, -0.05) is 6.07 Å². The van der Waals surface area contributed by atoms with Gasteiger partial charge in [0.25, 0.3) is 0 Å². The zero-order valence-corrected chi connectivity index (χ0v) is 24.0. The van der Waals surface area contributed by atoms with Crippen LogP contribution in [0, 0.1) is 0 Å². The van der Waals surface area contributed by atoms with Gasteiger partial charge in [-0.2, -0.15) is 0 Å². The van der Waals surface area contributed by atoms with Crippen molar-refractivity contribution in [1.29, 1.82) is 0 Å². The summed E-state index contributed by atoms with van der Waals surface area (Å²) < 4.78 is 52.2. The predicted molar refractivity (Wildman–Crippen MR) is 149 cm³/mol. The van der Waals surface area contributed by atoms with Crippen molar-refractivity contribution in [3.05, 3.63) is 46.9 Å². The maximum atomic E-state index is 12.9. The Bertz CT molecular complexity index is 1330. The highest BCUT2D eigenvalue weighted by Gasteiger charge is 2.16. The van der Waals surface area contributed by atoms with Gasteiger partial charge in [0.2, 0.25) is 5.91 Å². The van der Waals surface area contributed by atoms with Gasteiger partial charge in [0.15, 0.2) is 21.3 Å². The first kappa shape index (κ1) is 32.8. The second kappa shape index (κ2) is 16.0. The number of nitrogens with one attached hydrogen (secondary N) is 2. The van der Waals surface area contributed by atoms with E-state index < -0.39 is 27.7 Å². The summed E-state index contributed by atoms with van der Waals surface area (Å²) in [5.74, 6) is -0.325. The molecule has 2 aromatic rings. The largest absolute Gasteiger partial charge is 0.496 e. The fourth-order valence-corrected chi connectivity index (χ4v) is 4.61. The number of carboxylic acids is 1. The van der Waals surface area contributed by atoms with Crippen molar-refractivity contribution >= 4 is 33.9 Å². The summed E-state index contributed by atoms with van der Waals surface area (Å²) in [7, 11) is 1.94. The van der Waals surface area contributed by atoms with E-state index in [1.807, 2.05) is 0 Å². The quantitative estimate of drug-likeness (QED) is 0.244. The third-order valence-electron chi connectivity index (χ3n) is 5.50. The van der Waals surface area contributed by atoms with E-state index >= 15 is 0 Å². The minimum atomic E-state index is -3.79. The first-order valence-electron chi connectivity index (χ1n) is 12.3. The summed E-state index contributed by atoms with van der Waals surface area (Å²) in [5, 5.41) is 14.7. The molecule has 0 fully saturated rings. The lowest BCUT2D eigenvalue weighted by molar-refractivity contribution is -0.137. The van der Waals surface area contributed by atoms with E-state index in [0.717, 1.165) is 5.41 Å². The van der Waals surface area contributed by atoms with E-state index in [-0.39, 0.29) is 49.8 Å². The molecule has 0 atom stereocenters. The van der Waals surface area contributed by atoms with Crippen molar-refractivity contribution in [1.82, 2.24) is 10.6 Å². The van der Waals surface area contributed by atoms with Gasteiger partial charge in [-0.3, -0.25) is 9.59 Å². The maximum absolute atomic E-state index is 12.9. The summed E-state index contributed by atoms with van der Waals surface area (Å²) in [4.78, 5) is 34.4. The Kier molecular flexibility index (Phi) is 12.7. The van der Waals surface area contributed by atoms with Crippen LogP contribution in [-0.4, -0.2) is 73.0 Å². The van der Waals surface area contributed by atoms with E-state index in [0.29, 0.717) is 28.4 Å². The van der Waals surface area contributed by atoms with Crippen molar-refractivity contribution in [2.75, 3.05) is 41.5 Å². The Morgan fingerprint density at radius 2 is 1.46 bits per heavy atom. The number of hydrogen-bond donors (Lipinski definition) is 3. The van der Waals surface area contributed by atoms with E-state index in [2.05, 4.69) is 10.6 Å². The van der Waals surface area contributed by atoms with Crippen LogP contribution in [0.3, 0.4) is 0 Å². The van der Waals surface area contributed by atoms with E-state index in [9.17, 15) is 22.8 Å². The fraction of sp³-hybridized carbons (Fsp3) is 0.370. The van der Waals surface area contributed by atoms with Crippen LogP contribution < -0.4 is 34.3 Å². The van der Waals surface area contributed by atoms with Gasteiger partial charge < -0.3 is 39.4 Å². The number of carbonyl (C=O) groups excluding carboxylic acids is 2. The second-order valence-electron chi connectivity index (χ2n) is 8.45. The van der Waals surface area contributed by atoms with Crippen LogP contribution in [0.5, 0.6) is 28.7 Å². The van der Waals surface area contributed by atoms with Gasteiger partial charge in [0, 0.05) is 43.5 Å². The highest BCUT2D eigenvalue weighted by atomic mass is 32.2. The molecule has 0 aliphatic carbocycles. The second-order valence-corrected chi connectivity index (χ2v) is 10.3. The number of benzene rings is 2. The molecule has 3 N–H and O–H groups in total. The molecule has 224 valence electrons. The third kappa shape index (κ3) is 10.9. The summed E-state index contributed by atoms with van der Waals surface area (Å²) in [6.45, 7) is 0.148. The van der Waals surface area contributed by atoms with Crippen molar-refractivity contribution in [2.24, 2.45) is 0 Å². The fourth-order valence-electron chi connectivity index (χ4n) is 3.53. The molecular formula is C27H34N2O11S. The Hall–Kier alpha value is -4.46. The molecule has 14 heteroatoms. The molecule has 0 aliphatic rings. The Balaban J connectivity index is 2.04. The monoisotopic (exact) mass is 594 g/mol. The SMILES string of the molecule is COc1cc(OC)c(/C=C/S(=O)(=O)Cc2ccc(OC)c(OC(=O)NCCNC(=O)CCCC(=O)O)c2)c(OC)c1. The van der Waals surface area contributed by atoms with Gasteiger partial charge in [0.05, 0.1) is 39.8 Å². The zero-order valence-electron chi connectivity index (χ0n) is 23.2. The number of aliphatic carboxylic acids is 1. The molecule has 0 aromatic heterocycles. The van der Waals surface area contributed by atoms with Gasteiger partial charge in [-0.05, 0) is 30.2 Å². The molecule has 0 unspecified atom stereocenters. The minimum Gasteiger partial charge on any atom is -0.496 e. The molecule has 0 heterocycles. The predicted octanol–water partition coefficient (Wildman–Crippen LogP) is 2.77. The lowest BCUT2D eigenvalue weighted by Gasteiger charge is -2.13. The highest BCUT2D eigenvalue weighted by molar-refractivity contribution is 7.93. The van der Waals surface area contributed by atoms with Crippen molar-refractivity contribution < 1.29 is 51.6 Å². The van der Waals surface area contributed by atoms with Gasteiger partial charge >= 0.3 is 12.1 Å². The third-order valence-corrected chi connectivity index (χ3v) is 6.79. The number of carbonyl (C=O) groups is 3. The number of amides is 2. The molecule has 0 saturated carbocycles. The first-order chi connectivity index (χ1) is 19.5. The van der Waals surface area contributed by atoms with Crippen LogP contribution in [-0.2, 0) is 25.2 Å². The Morgan fingerprint density at radius 3 is 2.05 bits per heavy atom. The minimum absolute atomic E-state index is 0.00196. The summed E-state index contributed by atoms with van der Waals surface area (Å²) >= 11 is 0. The molecule has 0 spiro atoms. The first-order valence-corrected chi connectivity index (χ1v) is 14.0. The van der Waals surface area contributed by atoms with Gasteiger partial charge in [-0.15, -0.1) is 0 Å². The molecule has 2 amide bonds. The van der Waals surface area contributed by atoms with Crippen LogP contribution in [0.25, 0.3) is 6.08 Å². The zero-order chi connectivity index (χ0) is 30.4. The summed E-state index contributed by atoms with van der Waals surface area (Å²) in [6.07, 6.45) is 0.679. The number of ether oxygens (including phenoxy) is 5. The summed E-state index contributed by atoms with van der Waals surface area (Å²) in [5.41, 5.74) is 0.742. The lowest BCUT2D eigenvalue weighted by Crippen LogP contribution is -2.36. The number of rotatable bonds is 16. The van der Waals surface area contributed by atoms with Crippen LogP contribution in [0.4, 0.5) is 4.79 Å². The van der Waals surface area contributed by atoms with E-state index in [4.69, 9.17) is 28.8 Å². The van der Waals surface area contributed by atoms with Crippen molar-refractivity contribution in [3.63, 3.8) is 0 Å². The smallest absolute Gasteiger partial charge is 0.412 e. The average Bonchev–Trinajstić information content (AvgIpc) is 2.93. The Morgan fingerprint density at radius 1 is 0.829 bits per heavy atom. The molecule has 13 nitrogen and oxygen atoms in total. The van der Waals surface area contributed by atoms with Crippen LogP contribution in [0.15, 0.2) is 35.7 Å². The topological polar surface area (TPSA) is 176 Å². The summed E-state index contributed by atoms with van der Waals surface area (Å²) in [6, 6.07) is 7.59. The molecule has 2 aromatic carbocycles. The highest BCUT2D eigenvalue weighted by Crippen LogP contribution is 2.35. The Labute approximate surface area is 238 Å². The maximum Gasteiger partial charge on any atom is 0.412 e. The molecular weight excluding hydrogens is 560 g/mol. The van der Waals surface area contributed by atoms with Crippen LogP contribution in [0.2, 0.25) is 0 Å². The van der Waals surface area contributed by atoms with E-state index in [1.165, 1.54) is 52.7 Å². The van der Waals surface area contributed by atoms with Crippen molar-refractivity contribution in [2.45, 2.75) is 25.0 Å². The molecule has 0 radical (unpaired) electrons. The van der Waals surface area contributed by atoms with Gasteiger partial charge in [0.1, 0.15) is 17.2 Å². The lowest BCUT2D eigenvalue weighted by atomic mass is 10.1. The standard InChI is InChI=1S/C27H34N2O11S/c1-36-19-15-22(38-3)20(23(16-19)39-4)10-13-41(34,35)17-18-8-9-21(37-2)24(14-18)40-27(33)29-12-11-28-25(30)6-5-7-26(31)32/h8-10,13-16H,5-7,11-12,17H2,1-4H3,(H,28,30)(H,29,33)(H,31,32)/b13-10+. The van der Waals surface area contributed by atoms with Gasteiger partial charge in [-0.25, -0.2) is 13.2 Å². The molecule has 0 bridgehead atoms. The normalized spacial score (nSPS) is 11.0. The number of sulfone groups is 1. The van der Waals surface area contributed by atoms with Crippen LogP contribution >= 0.6 is 0 Å². The molecule has 2 rings (SSSR count). The molecule has 0 aliphatic heterocycles. The number of hydrogen-bond acceptors (Lipinski definition) is 10. The molecule has 0 saturated heterocycles. The van der Waals surface area contributed by atoms with Crippen LogP contribution in [0.1, 0.15) is 30.4 Å².